The highest BCUT2D eigenvalue weighted by Crippen LogP contribution is 2.47. The van der Waals surface area contributed by atoms with Crippen LogP contribution in [-0.4, -0.2) is 18.4 Å². The average Bonchev–Trinajstić information content (AvgIpc) is 3.06. The van der Waals surface area contributed by atoms with Crippen molar-refractivity contribution in [3.05, 3.63) is 71.8 Å². The molecule has 26 heavy (non-hydrogen) atoms. The van der Waals surface area contributed by atoms with E-state index in [4.69, 9.17) is 4.74 Å². The van der Waals surface area contributed by atoms with Gasteiger partial charge in [0.2, 0.25) is 0 Å². The van der Waals surface area contributed by atoms with Gasteiger partial charge >= 0.3 is 5.97 Å². The summed E-state index contributed by atoms with van der Waals surface area (Å²) in [4.78, 5) is 25.8. The van der Waals surface area contributed by atoms with Gasteiger partial charge in [-0.2, -0.15) is 0 Å². The number of benzene rings is 2. The molecule has 0 saturated heterocycles. The number of Topliss-reactive ketones (excluding diaryl/α,β-unsaturated/α-hetero) is 1. The molecule has 0 N–H and O–H groups in total. The summed E-state index contributed by atoms with van der Waals surface area (Å²) in [5.74, 6) is 5.36. The van der Waals surface area contributed by atoms with Crippen molar-refractivity contribution in [1.29, 1.82) is 0 Å². The van der Waals surface area contributed by atoms with E-state index in [2.05, 4.69) is 11.8 Å². The average molecular weight is 346 g/mol. The molecule has 0 spiro atoms. The molecule has 0 radical (unpaired) electrons. The molecule has 1 fully saturated rings. The highest BCUT2D eigenvalue weighted by atomic mass is 16.5. The second-order valence-electron chi connectivity index (χ2n) is 6.45. The Bertz CT molecular complexity index is 830. The normalized spacial score (nSPS) is 20.1. The maximum absolute atomic E-state index is 12.9. The first kappa shape index (κ1) is 17.9. The molecule has 1 saturated carbocycles. The molecule has 0 heterocycles. The minimum atomic E-state index is -1.21. The van der Waals surface area contributed by atoms with Crippen LogP contribution in [0.1, 0.15) is 43.2 Å². The lowest BCUT2D eigenvalue weighted by Crippen LogP contribution is -2.42. The highest BCUT2D eigenvalue weighted by molar-refractivity contribution is 6.06. The summed E-state index contributed by atoms with van der Waals surface area (Å²) in [5, 5.41) is 0. The zero-order valence-corrected chi connectivity index (χ0v) is 14.9. The van der Waals surface area contributed by atoms with Crippen LogP contribution in [0.3, 0.4) is 0 Å². The lowest BCUT2D eigenvalue weighted by Gasteiger charge is -2.31. The van der Waals surface area contributed by atoms with Crippen LogP contribution < -0.4 is 0 Å². The van der Waals surface area contributed by atoms with Gasteiger partial charge in [0.15, 0.2) is 5.78 Å². The number of hydrogen-bond acceptors (Lipinski definition) is 3. The molecular formula is C23H22O3. The molecule has 3 heteroatoms. The van der Waals surface area contributed by atoms with Gasteiger partial charge in [-0.15, -0.1) is 0 Å². The minimum Gasteiger partial charge on any atom is -0.465 e. The molecule has 2 atom stereocenters. The number of esters is 1. The molecule has 2 aromatic carbocycles. The quantitative estimate of drug-likeness (QED) is 0.475. The number of ketones is 1. The summed E-state index contributed by atoms with van der Waals surface area (Å²) in [6.07, 6.45) is 1.57. The fourth-order valence-electron chi connectivity index (χ4n) is 3.60. The van der Waals surface area contributed by atoms with E-state index in [1.54, 1.807) is 6.92 Å². The molecule has 3 nitrogen and oxygen atoms in total. The summed E-state index contributed by atoms with van der Waals surface area (Å²) < 4.78 is 5.33. The van der Waals surface area contributed by atoms with Crippen molar-refractivity contribution < 1.29 is 14.3 Å². The predicted octanol–water partition coefficient (Wildman–Crippen LogP) is 4.12. The monoisotopic (exact) mass is 346 g/mol. The summed E-state index contributed by atoms with van der Waals surface area (Å²) >= 11 is 0. The Kier molecular flexibility index (Phi) is 5.53. The van der Waals surface area contributed by atoms with Crippen molar-refractivity contribution >= 4 is 11.8 Å². The first-order chi connectivity index (χ1) is 12.7. The third kappa shape index (κ3) is 3.41. The van der Waals surface area contributed by atoms with Gasteiger partial charge in [0.25, 0.3) is 0 Å². The topological polar surface area (TPSA) is 43.4 Å². The van der Waals surface area contributed by atoms with E-state index in [1.807, 2.05) is 60.7 Å². The lowest BCUT2D eigenvalue weighted by atomic mass is 9.70. The lowest BCUT2D eigenvalue weighted by molar-refractivity contribution is -0.159. The molecule has 0 aliphatic heterocycles. The van der Waals surface area contributed by atoms with Gasteiger partial charge in [-0.3, -0.25) is 9.59 Å². The first-order valence-corrected chi connectivity index (χ1v) is 9.00. The third-order valence-corrected chi connectivity index (χ3v) is 4.87. The molecule has 3 rings (SSSR count). The van der Waals surface area contributed by atoms with E-state index < -0.39 is 17.3 Å². The van der Waals surface area contributed by atoms with E-state index in [9.17, 15) is 9.59 Å². The van der Waals surface area contributed by atoms with Crippen LogP contribution in [0, 0.1) is 17.3 Å². The summed E-state index contributed by atoms with van der Waals surface area (Å²) in [6.45, 7) is 2.01. The van der Waals surface area contributed by atoms with Crippen molar-refractivity contribution in [2.24, 2.45) is 5.41 Å². The summed E-state index contributed by atoms with van der Waals surface area (Å²) in [7, 11) is 0. The summed E-state index contributed by atoms with van der Waals surface area (Å²) in [5.41, 5.74) is 0.524. The van der Waals surface area contributed by atoms with Crippen LogP contribution in [0.25, 0.3) is 0 Å². The van der Waals surface area contributed by atoms with Crippen LogP contribution in [0.5, 0.6) is 0 Å². The van der Waals surface area contributed by atoms with Crippen molar-refractivity contribution in [1.82, 2.24) is 0 Å². The Labute approximate surface area is 154 Å². The Hall–Kier alpha value is -2.86. The van der Waals surface area contributed by atoms with Gasteiger partial charge in [-0.05, 0) is 37.5 Å². The van der Waals surface area contributed by atoms with Crippen molar-refractivity contribution in [3.8, 4) is 11.8 Å². The second kappa shape index (κ2) is 8.01. The molecule has 1 aliphatic rings. The van der Waals surface area contributed by atoms with Gasteiger partial charge in [-0.25, -0.2) is 0 Å². The van der Waals surface area contributed by atoms with Crippen LogP contribution in [0.2, 0.25) is 0 Å². The molecular weight excluding hydrogens is 324 g/mol. The third-order valence-electron chi connectivity index (χ3n) is 4.87. The molecule has 1 aliphatic carbocycles. The molecule has 132 valence electrons. The first-order valence-electron chi connectivity index (χ1n) is 9.00. The number of hydrogen-bond donors (Lipinski definition) is 0. The Morgan fingerprint density at radius 2 is 1.77 bits per heavy atom. The molecule has 0 bridgehead atoms. The van der Waals surface area contributed by atoms with Crippen molar-refractivity contribution in [2.75, 3.05) is 6.61 Å². The zero-order chi connectivity index (χ0) is 18.4. The van der Waals surface area contributed by atoms with E-state index in [-0.39, 0.29) is 12.4 Å². The van der Waals surface area contributed by atoms with E-state index >= 15 is 0 Å². The van der Waals surface area contributed by atoms with Crippen LogP contribution >= 0.6 is 0 Å². The zero-order valence-electron chi connectivity index (χ0n) is 14.9. The molecule has 0 aromatic heterocycles. The minimum absolute atomic E-state index is 0.0628. The molecule has 0 unspecified atom stereocenters. The SMILES string of the molecule is CCOC(=O)[C@@]1([C@@H](C#Cc2ccccc2)c2ccccc2)CCCC1=O. The molecule has 0 amide bonds. The number of ether oxygens (including phenoxy) is 1. The van der Waals surface area contributed by atoms with E-state index in [1.165, 1.54) is 0 Å². The smallest absolute Gasteiger partial charge is 0.321 e. The fraction of sp³-hybridized carbons (Fsp3) is 0.304. The van der Waals surface area contributed by atoms with Gasteiger partial charge in [0, 0.05) is 12.0 Å². The van der Waals surface area contributed by atoms with Gasteiger partial charge in [0.1, 0.15) is 5.41 Å². The fourth-order valence-corrected chi connectivity index (χ4v) is 3.60. The highest BCUT2D eigenvalue weighted by Gasteiger charge is 2.55. The van der Waals surface area contributed by atoms with Gasteiger partial charge < -0.3 is 4.74 Å². The second-order valence-corrected chi connectivity index (χ2v) is 6.45. The van der Waals surface area contributed by atoms with E-state index in [0.717, 1.165) is 11.1 Å². The van der Waals surface area contributed by atoms with E-state index in [0.29, 0.717) is 19.3 Å². The maximum atomic E-state index is 12.9. The largest absolute Gasteiger partial charge is 0.465 e. The van der Waals surface area contributed by atoms with Crippen LogP contribution in [0.4, 0.5) is 0 Å². The Morgan fingerprint density at radius 1 is 1.12 bits per heavy atom. The maximum Gasteiger partial charge on any atom is 0.321 e. The predicted molar refractivity (Wildman–Crippen MR) is 100 cm³/mol. The van der Waals surface area contributed by atoms with Crippen molar-refractivity contribution in [3.63, 3.8) is 0 Å². The number of carbonyl (C=O) groups is 2. The standard InChI is InChI=1S/C23H22O3/c1-2-26-22(25)23(17-9-14-21(23)24)20(19-12-7-4-8-13-19)16-15-18-10-5-3-6-11-18/h3-8,10-13,20H,2,9,14,17H2,1H3/t20-,23+/m0/s1. The number of carbonyl (C=O) groups excluding carboxylic acids is 2. The number of rotatable bonds is 4. The Morgan fingerprint density at radius 3 is 2.35 bits per heavy atom. The molecule has 2 aromatic rings. The van der Waals surface area contributed by atoms with Gasteiger partial charge in [-0.1, -0.05) is 60.4 Å². The summed E-state index contributed by atoms with van der Waals surface area (Å²) in [6, 6.07) is 19.2. The Balaban J connectivity index is 2.11. The van der Waals surface area contributed by atoms with Crippen molar-refractivity contribution in [2.45, 2.75) is 32.1 Å². The van der Waals surface area contributed by atoms with Gasteiger partial charge in [0.05, 0.1) is 12.5 Å². The van der Waals surface area contributed by atoms with Crippen LogP contribution in [-0.2, 0) is 14.3 Å². The van der Waals surface area contributed by atoms with Crippen LogP contribution in [0.15, 0.2) is 60.7 Å².